The number of rotatable bonds is 2. The molecular formula is C12H13N3O4. The summed E-state index contributed by atoms with van der Waals surface area (Å²) in [7, 11) is 1.49. The molecule has 2 N–H and O–H groups in total. The van der Waals surface area contributed by atoms with E-state index in [-0.39, 0.29) is 13.1 Å². The van der Waals surface area contributed by atoms with Crippen LogP contribution in [0.15, 0.2) is 24.3 Å². The number of hydrogen-bond acceptors (Lipinski definition) is 4. The molecule has 1 aromatic rings. The number of carbonyl (C=O) groups excluding carboxylic acids is 3. The number of nitrogens with zero attached hydrogens (tertiary/aromatic N) is 1. The third-order valence-corrected chi connectivity index (χ3v) is 2.58. The molecule has 1 fully saturated rings. The zero-order valence-corrected chi connectivity index (χ0v) is 10.3. The van der Waals surface area contributed by atoms with Crippen LogP contribution in [-0.2, 0) is 9.59 Å². The number of ether oxygens (including phenoxy) is 1. The number of methoxy groups -OCH3 is 1. The molecule has 2 rings (SSSR count). The fourth-order valence-electron chi connectivity index (χ4n) is 1.72. The lowest BCUT2D eigenvalue weighted by atomic mass is 10.3. The fourth-order valence-corrected chi connectivity index (χ4v) is 1.72. The van der Waals surface area contributed by atoms with Gasteiger partial charge < -0.3 is 15.0 Å². The Bertz CT molecular complexity index is 513. The molecule has 0 radical (unpaired) electrons. The maximum absolute atomic E-state index is 12.0. The maximum atomic E-state index is 12.0. The summed E-state index contributed by atoms with van der Waals surface area (Å²) in [6, 6.07) is 6.36. The van der Waals surface area contributed by atoms with Crippen molar-refractivity contribution in [2.24, 2.45) is 0 Å². The molecule has 0 unspecified atom stereocenters. The van der Waals surface area contributed by atoms with Crippen LogP contribution in [0.3, 0.4) is 0 Å². The van der Waals surface area contributed by atoms with Crippen LogP contribution in [-0.4, -0.2) is 42.9 Å². The molecule has 19 heavy (non-hydrogen) atoms. The standard InChI is InChI=1S/C12H13N3O4/c1-19-9-5-3-2-4-8(9)13-12(18)15-6-10(16)14-11(17)7-15/h2-5H,6-7H2,1H3,(H,13,18)(H,14,16,17). The van der Waals surface area contributed by atoms with Gasteiger partial charge in [0.25, 0.3) is 0 Å². The monoisotopic (exact) mass is 263 g/mol. The van der Waals surface area contributed by atoms with Gasteiger partial charge in [0.05, 0.1) is 12.8 Å². The summed E-state index contributed by atoms with van der Waals surface area (Å²) >= 11 is 0. The minimum Gasteiger partial charge on any atom is -0.495 e. The molecule has 1 aromatic carbocycles. The van der Waals surface area contributed by atoms with Gasteiger partial charge >= 0.3 is 6.03 Å². The van der Waals surface area contributed by atoms with E-state index in [0.717, 1.165) is 4.90 Å². The van der Waals surface area contributed by atoms with Crippen molar-refractivity contribution < 1.29 is 19.1 Å². The van der Waals surface area contributed by atoms with Gasteiger partial charge in [0.2, 0.25) is 11.8 Å². The van der Waals surface area contributed by atoms with Crippen molar-refractivity contribution in [1.82, 2.24) is 10.2 Å². The quantitative estimate of drug-likeness (QED) is 0.745. The number of carbonyl (C=O) groups is 3. The van der Waals surface area contributed by atoms with Crippen molar-refractivity contribution >= 4 is 23.5 Å². The molecule has 0 bridgehead atoms. The molecule has 7 nitrogen and oxygen atoms in total. The third kappa shape index (κ3) is 3.01. The van der Waals surface area contributed by atoms with E-state index in [1.54, 1.807) is 24.3 Å². The summed E-state index contributed by atoms with van der Waals surface area (Å²) in [6.07, 6.45) is 0. The van der Waals surface area contributed by atoms with E-state index < -0.39 is 17.8 Å². The number of anilines is 1. The van der Waals surface area contributed by atoms with E-state index >= 15 is 0 Å². The third-order valence-electron chi connectivity index (χ3n) is 2.58. The Kier molecular flexibility index (Phi) is 3.65. The van der Waals surface area contributed by atoms with Crippen molar-refractivity contribution in [1.29, 1.82) is 0 Å². The van der Waals surface area contributed by atoms with Crippen LogP contribution >= 0.6 is 0 Å². The number of amides is 4. The normalized spacial score (nSPS) is 14.9. The second-order valence-electron chi connectivity index (χ2n) is 3.96. The van der Waals surface area contributed by atoms with Crippen LogP contribution in [0, 0.1) is 0 Å². The van der Waals surface area contributed by atoms with Crippen LogP contribution in [0.4, 0.5) is 10.5 Å². The number of imide groups is 1. The molecule has 0 aromatic heterocycles. The van der Waals surface area contributed by atoms with Crippen molar-refractivity contribution in [3.8, 4) is 5.75 Å². The molecule has 100 valence electrons. The summed E-state index contributed by atoms with van der Waals surface area (Å²) in [6.45, 7) is -0.292. The molecule has 1 saturated heterocycles. The average molecular weight is 263 g/mol. The van der Waals surface area contributed by atoms with Gasteiger partial charge in [-0.3, -0.25) is 14.9 Å². The fraction of sp³-hybridized carbons (Fsp3) is 0.250. The molecule has 0 spiro atoms. The Morgan fingerprint density at radius 2 is 1.89 bits per heavy atom. The highest BCUT2D eigenvalue weighted by Crippen LogP contribution is 2.23. The first-order valence-electron chi connectivity index (χ1n) is 5.62. The van der Waals surface area contributed by atoms with E-state index in [1.807, 2.05) is 0 Å². The average Bonchev–Trinajstić information content (AvgIpc) is 2.38. The number of para-hydroxylation sites is 2. The zero-order chi connectivity index (χ0) is 13.8. The number of piperazine rings is 1. The maximum Gasteiger partial charge on any atom is 0.322 e. The van der Waals surface area contributed by atoms with Gasteiger partial charge in [-0.2, -0.15) is 0 Å². The molecule has 4 amide bonds. The topological polar surface area (TPSA) is 87.7 Å². The van der Waals surface area contributed by atoms with Gasteiger partial charge in [0, 0.05) is 0 Å². The van der Waals surface area contributed by atoms with Gasteiger partial charge in [0.15, 0.2) is 0 Å². The highest BCUT2D eigenvalue weighted by atomic mass is 16.5. The van der Waals surface area contributed by atoms with Gasteiger partial charge in [0.1, 0.15) is 18.8 Å². The van der Waals surface area contributed by atoms with Gasteiger partial charge in [-0.05, 0) is 12.1 Å². The predicted octanol–water partition coefficient (Wildman–Crippen LogP) is 0.185. The number of hydrogen-bond donors (Lipinski definition) is 2. The van der Waals surface area contributed by atoms with Gasteiger partial charge in [-0.15, -0.1) is 0 Å². The first-order valence-corrected chi connectivity index (χ1v) is 5.62. The Morgan fingerprint density at radius 1 is 1.26 bits per heavy atom. The molecule has 1 aliphatic heterocycles. The highest BCUT2D eigenvalue weighted by Gasteiger charge is 2.26. The van der Waals surface area contributed by atoms with E-state index in [2.05, 4.69) is 10.6 Å². The van der Waals surface area contributed by atoms with E-state index in [4.69, 9.17) is 4.74 Å². The summed E-state index contributed by atoms with van der Waals surface area (Å²) < 4.78 is 5.10. The van der Waals surface area contributed by atoms with Crippen molar-refractivity contribution in [3.05, 3.63) is 24.3 Å². The lowest BCUT2D eigenvalue weighted by molar-refractivity contribution is -0.134. The minimum absolute atomic E-state index is 0.146. The molecular weight excluding hydrogens is 250 g/mol. The molecule has 1 aliphatic rings. The largest absolute Gasteiger partial charge is 0.495 e. The number of benzene rings is 1. The Morgan fingerprint density at radius 3 is 2.53 bits per heavy atom. The van der Waals surface area contributed by atoms with Crippen LogP contribution in [0.25, 0.3) is 0 Å². The summed E-state index contributed by atoms with van der Waals surface area (Å²) in [4.78, 5) is 35.5. The molecule has 0 saturated carbocycles. The summed E-state index contributed by atoms with van der Waals surface area (Å²) in [5, 5.41) is 4.73. The Balaban J connectivity index is 2.08. The highest BCUT2D eigenvalue weighted by molar-refractivity contribution is 6.04. The number of nitrogens with one attached hydrogen (secondary N) is 2. The second kappa shape index (κ2) is 5.38. The molecule has 7 heteroatoms. The number of urea groups is 1. The van der Waals surface area contributed by atoms with Crippen molar-refractivity contribution in [2.75, 3.05) is 25.5 Å². The van der Waals surface area contributed by atoms with Crippen LogP contribution < -0.4 is 15.4 Å². The van der Waals surface area contributed by atoms with E-state index in [0.29, 0.717) is 11.4 Å². The van der Waals surface area contributed by atoms with E-state index in [9.17, 15) is 14.4 Å². The molecule has 1 heterocycles. The van der Waals surface area contributed by atoms with E-state index in [1.165, 1.54) is 7.11 Å². The second-order valence-corrected chi connectivity index (χ2v) is 3.96. The first kappa shape index (κ1) is 12.9. The zero-order valence-electron chi connectivity index (χ0n) is 10.3. The lowest BCUT2D eigenvalue weighted by Gasteiger charge is -2.25. The Labute approximate surface area is 109 Å². The van der Waals surface area contributed by atoms with Crippen molar-refractivity contribution in [3.63, 3.8) is 0 Å². The summed E-state index contributed by atoms with van der Waals surface area (Å²) in [5.74, 6) is -0.485. The Hall–Kier alpha value is -2.57. The molecule has 0 atom stereocenters. The minimum atomic E-state index is -0.521. The lowest BCUT2D eigenvalue weighted by Crippen LogP contribution is -2.54. The van der Waals surface area contributed by atoms with Gasteiger partial charge in [-0.25, -0.2) is 4.79 Å². The van der Waals surface area contributed by atoms with Crippen LogP contribution in [0.1, 0.15) is 0 Å². The SMILES string of the molecule is COc1ccccc1NC(=O)N1CC(=O)NC(=O)C1. The predicted molar refractivity (Wildman–Crippen MR) is 66.7 cm³/mol. The van der Waals surface area contributed by atoms with Crippen LogP contribution in [0.5, 0.6) is 5.75 Å². The summed E-state index contributed by atoms with van der Waals surface area (Å²) in [5.41, 5.74) is 0.480. The first-order chi connectivity index (χ1) is 9.10. The smallest absolute Gasteiger partial charge is 0.322 e. The van der Waals surface area contributed by atoms with Crippen LogP contribution in [0.2, 0.25) is 0 Å². The van der Waals surface area contributed by atoms with Crippen molar-refractivity contribution in [2.45, 2.75) is 0 Å². The molecule has 0 aliphatic carbocycles. The van der Waals surface area contributed by atoms with Gasteiger partial charge in [-0.1, -0.05) is 12.1 Å².